The van der Waals surface area contributed by atoms with Gasteiger partial charge in [0.05, 0.1) is 6.10 Å². The van der Waals surface area contributed by atoms with Crippen molar-refractivity contribution in [2.75, 3.05) is 18.0 Å². The molecule has 1 saturated carbocycles. The van der Waals surface area contributed by atoms with Crippen molar-refractivity contribution in [3.05, 3.63) is 24.5 Å². The summed E-state index contributed by atoms with van der Waals surface area (Å²) < 4.78 is 1.96. The number of carbonyl (C=O) groups is 1. The number of anilines is 1. The molecule has 0 radical (unpaired) electrons. The Kier molecular flexibility index (Phi) is 3.91. The molecule has 2 aromatic heterocycles. The smallest absolute Gasteiger partial charge is 0.326 e. The van der Waals surface area contributed by atoms with Crippen molar-refractivity contribution in [1.29, 1.82) is 0 Å². The number of rotatable bonds is 4. The average Bonchev–Trinajstić information content (AvgIpc) is 3.19. The fraction of sp³-hybridized carbons (Fsp3) is 0.529. The zero-order valence-corrected chi connectivity index (χ0v) is 14.4. The van der Waals surface area contributed by atoms with E-state index >= 15 is 0 Å². The van der Waals surface area contributed by atoms with Gasteiger partial charge in [0.1, 0.15) is 17.8 Å². The Morgan fingerprint density at radius 1 is 1.24 bits per heavy atom. The quantitative estimate of drug-likeness (QED) is 0.913. The van der Waals surface area contributed by atoms with Gasteiger partial charge >= 0.3 is 6.03 Å². The fourth-order valence-corrected chi connectivity index (χ4v) is 3.42. The van der Waals surface area contributed by atoms with Crippen molar-refractivity contribution >= 4 is 11.8 Å². The monoisotopic (exact) mass is 342 g/mol. The van der Waals surface area contributed by atoms with E-state index in [-0.39, 0.29) is 24.2 Å². The van der Waals surface area contributed by atoms with Crippen molar-refractivity contribution in [2.45, 2.75) is 44.9 Å². The Morgan fingerprint density at radius 3 is 2.76 bits per heavy atom. The molecule has 0 aromatic carbocycles. The molecule has 25 heavy (non-hydrogen) atoms. The van der Waals surface area contributed by atoms with Gasteiger partial charge < -0.3 is 14.6 Å². The van der Waals surface area contributed by atoms with Gasteiger partial charge in [0.2, 0.25) is 0 Å². The summed E-state index contributed by atoms with van der Waals surface area (Å²) in [5.74, 6) is 1.32. The van der Waals surface area contributed by atoms with Crippen molar-refractivity contribution in [3.63, 3.8) is 0 Å². The van der Waals surface area contributed by atoms with Gasteiger partial charge in [-0.1, -0.05) is 6.07 Å². The first-order chi connectivity index (χ1) is 12.0. The molecule has 1 aliphatic heterocycles. The Balaban J connectivity index is 1.58. The van der Waals surface area contributed by atoms with E-state index in [4.69, 9.17) is 0 Å². The van der Waals surface area contributed by atoms with Gasteiger partial charge in [-0.2, -0.15) is 0 Å². The first kappa shape index (κ1) is 16.0. The van der Waals surface area contributed by atoms with Gasteiger partial charge in [0.15, 0.2) is 5.82 Å². The van der Waals surface area contributed by atoms with Crippen molar-refractivity contribution in [2.24, 2.45) is 0 Å². The maximum absolute atomic E-state index is 12.7. The maximum atomic E-state index is 12.7. The van der Waals surface area contributed by atoms with E-state index in [9.17, 15) is 9.90 Å². The third-order valence-electron chi connectivity index (χ3n) is 4.94. The highest BCUT2D eigenvalue weighted by Crippen LogP contribution is 2.30. The number of aliphatic hydroxyl groups excluding tert-OH is 1. The lowest BCUT2D eigenvalue weighted by Gasteiger charge is -2.38. The number of hydrogen-bond donors (Lipinski definition) is 1. The predicted octanol–water partition coefficient (Wildman–Crippen LogP) is 1.69. The van der Waals surface area contributed by atoms with Crippen LogP contribution in [0.5, 0.6) is 0 Å². The SMILES string of the molecule is CC(C)n1cnnc1-c1cccc(N2CCN([C@H]3C[C@@H](O)C3)C2=O)n1. The number of aliphatic hydroxyl groups is 1. The van der Waals surface area contributed by atoms with Gasteiger partial charge in [0.25, 0.3) is 0 Å². The second-order valence-corrected chi connectivity index (χ2v) is 6.94. The Labute approximate surface area is 146 Å². The maximum Gasteiger partial charge on any atom is 0.326 e. The lowest BCUT2D eigenvalue weighted by molar-refractivity contribution is 0.0249. The van der Waals surface area contributed by atoms with Crippen molar-refractivity contribution < 1.29 is 9.90 Å². The molecule has 2 amide bonds. The van der Waals surface area contributed by atoms with Gasteiger partial charge in [-0.15, -0.1) is 10.2 Å². The molecule has 3 heterocycles. The Hall–Kier alpha value is -2.48. The summed E-state index contributed by atoms with van der Waals surface area (Å²) in [5, 5.41) is 17.6. The predicted molar refractivity (Wildman–Crippen MR) is 92.1 cm³/mol. The van der Waals surface area contributed by atoms with Crippen LogP contribution in [0, 0.1) is 0 Å². The minimum Gasteiger partial charge on any atom is -0.393 e. The second kappa shape index (κ2) is 6.11. The fourth-order valence-electron chi connectivity index (χ4n) is 3.42. The number of amides is 2. The molecule has 0 unspecified atom stereocenters. The first-order valence-corrected chi connectivity index (χ1v) is 8.67. The summed E-state index contributed by atoms with van der Waals surface area (Å²) in [4.78, 5) is 20.9. The molecule has 2 aliphatic rings. The Bertz CT molecular complexity index is 783. The molecule has 2 aromatic rings. The van der Waals surface area contributed by atoms with Crippen LogP contribution < -0.4 is 4.90 Å². The normalized spacial score (nSPS) is 23.4. The van der Waals surface area contributed by atoms with Crippen LogP contribution in [0.4, 0.5) is 10.6 Å². The molecule has 8 nitrogen and oxygen atoms in total. The van der Waals surface area contributed by atoms with E-state index in [1.54, 1.807) is 11.2 Å². The zero-order valence-electron chi connectivity index (χ0n) is 14.4. The minimum atomic E-state index is -0.268. The molecular weight excluding hydrogens is 320 g/mol. The molecule has 1 N–H and O–H groups in total. The van der Waals surface area contributed by atoms with Crippen LogP contribution >= 0.6 is 0 Å². The van der Waals surface area contributed by atoms with Crippen LogP contribution in [0.15, 0.2) is 24.5 Å². The highest BCUT2D eigenvalue weighted by Gasteiger charge is 2.40. The summed E-state index contributed by atoms with van der Waals surface area (Å²) in [6.07, 6.45) is 2.77. The molecule has 0 spiro atoms. The third kappa shape index (κ3) is 2.76. The highest BCUT2D eigenvalue weighted by atomic mass is 16.3. The van der Waals surface area contributed by atoms with Crippen LogP contribution in [-0.4, -0.2) is 61.0 Å². The standard InChI is InChI=1S/C17H22N6O2/c1-11(2)23-10-18-20-16(23)14-4-3-5-15(19-14)22-7-6-21(17(22)25)12-8-13(24)9-12/h3-5,10-13,24H,6-9H2,1-2H3/t12-,13+. The van der Waals surface area contributed by atoms with Crippen LogP contribution in [0.25, 0.3) is 11.5 Å². The number of pyridine rings is 1. The van der Waals surface area contributed by atoms with E-state index in [0.717, 1.165) is 0 Å². The van der Waals surface area contributed by atoms with Gasteiger partial charge in [0, 0.05) is 25.2 Å². The molecule has 4 rings (SSSR count). The van der Waals surface area contributed by atoms with E-state index in [1.165, 1.54) is 0 Å². The molecule has 0 atom stereocenters. The minimum absolute atomic E-state index is 0.0353. The largest absolute Gasteiger partial charge is 0.393 e. The summed E-state index contributed by atoms with van der Waals surface area (Å²) in [7, 11) is 0. The number of carbonyl (C=O) groups excluding carboxylic acids is 1. The molecule has 0 bridgehead atoms. The average molecular weight is 342 g/mol. The summed E-state index contributed by atoms with van der Waals surface area (Å²) >= 11 is 0. The lowest BCUT2D eigenvalue weighted by atomic mass is 9.88. The van der Waals surface area contributed by atoms with Crippen molar-refractivity contribution in [1.82, 2.24) is 24.6 Å². The summed E-state index contributed by atoms with van der Waals surface area (Å²) in [6.45, 7) is 5.40. The van der Waals surface area contributed by atoms with Crippen LogP contribution in [0.2, 0.25) is 0 Å². The zero-order chi connectivity index (χ0) is 17.6. The molecule has 8 heteroatoms. The van der Waals surface area contributed by atoms with E-state index in [1.807, 2.05) is 27.7 Å². The molecule has 132 valence electrons. The Morgan fingerprint density at radius 2 is 2.04 bits per heavy atom. The summed E-state index contributed by atoms with van der Waals surface area (Å²) in [5.41, 5.74) is 0.703. The van der Waals surface area contributed by atoms with Crippen LogP contribution in [-0.2, 0) is 0 Å². The highest BCUT2D eigenvalue weighted by molar-refractivity contribution is 5.93. The van der Waals surface area contributed by atoms with Crippen molar-refractivity contribution in [3.8, 4) is 11.5 Å². The second-order valence-electron chi connectivity index (χ2n) is 6.94. The van der Waals surface area contributed by atoms with E-state index < -0.39 is 0 Å². The summed E-state index contributed by atoms with van der Waals surface area (Å²) in [6, 6.07) is 5.96. The molecular formula is C17H22N6O2. The number of nitrogens with zero attached hydrogens (tertiary/aromatic N) is 6. The molecule has 1 saturated heterocycles. The number of urea groups is 1. The lowest BCUT2D eigenvalue weighted by Crippen LogP contribution is -2.48. The molecule has 2 fully saturated rings. The topological polar surface area (TPSA) is 87.4 Å². The molecule has 1 aliphatic carbocycles. The van der Waals surface area contributed by atoms with E-state index in [2.05, 4.69) is 29.0 Å². The van der Waals surface area contributed by atoms with Gasteiger partial charge in [-0.05, 0) is 38.8 Å². The van der Waals surface area contributed by atoms with E-state index in [0.29, 0.717) is 43.3 Å². The number of aromatic nitrogens is 4. The van der Waals surface area contributed by atoms with Gasteiger partial charge in [-0.25, -0.2) is 9.78 Å². The number of hydrogen-bond acceptors (Lipinski definition) is 5. The van der Waals surface area contributed by atoms with Crippen LogP contribution in [0.3, 0.4) is 0 Å². The first-order valence-electron chi connectivity index (χ1n) is 8.67. The van der Waals surface area contributed by atoms with Crippen LogP contribution in [0.1, 0.15) is 32.7 Å². The third-order valence-corrected chi connectivity index (χ3v) is 4.94. The van der Waals surface area contributed by atoms with Gasteiger partial charge in [-0.3, -0.25) is 4.90 Å².